The van der Waals surface area contributed by atoms with Gasteiger partial charge in [0.25, 0.3) is 0 Å². The van der Waals surface area contributed by atoms with Gasteiger partial charge in [0.05, 0.1) is 17.4 Å². The first-order valence-corrected chi connectivity index (χ1v) is 8.31. The normalized spacial score (nSPS) is 10.7. The van der Waals surface area contributed by atoms with Crippen LogP contribution in [0, 0.1) is 11.6 Å². The van der Waals surface area contributed by atoms with Crippen LogP contribution in [0.5, 0.6) is 0 Å². The van der Waals surface area contributed by atoms with E-state index in [-0.39, 0.29) is 30.5 Å². The summed E-state index contributed by atoms with van der Waals surface area (Å²) in [5, 5.41) is 6.94. The van der Waals surface area contributed by atoms with Crippen molar-refractivity contribution < 1.29 is 13.6 Å². The SMILES string of the molecule is O=C(Cc1ccc(F)cc1)Nc1nn(Cc2ccccc2F)cc1Br. The zero-order valence-electron chi connectivity index (χ0n) is 13.0. The summed E-state index contributed by atoms with van der Waals surface area (Å²) in [5.74, 6) is -0.582. The minimum atomic E-state index is -0.348. The molecule has 25 heavy (non-hydrogen) atoms. The van der Waals surface area contributed by atoms with Crippen LogP contribution in [0.1, 0.15) is 11.1 Å². The van der Waals surface area contributed by atoms with Crippen molar-refractivity contribution in [2.75, 3.05) is 5.32 Å². The maximum absolute atomic E-state index is 13.7. The summed E-state index contributed by atoms with van der Waals surface area (Å²) in [6, 6.07) is 12.2. The second-order valence-electron chi connectivity index (χ2n) is 5.47. The lowest BCUT2D eigenvalue weighted by Crippen LogP contribution is -2.15. The molecule has 0 bridgehead atoms. The van der Waals surface area contributed by atoms with Gasteiger partial charge in [-0.1, -0.05) is 30.3 Å². The third kappa shape index (κ3) is 4.51. The number of hydrogen-bond donors (Lipinski definition) is 1. The van der Waals surface area contributed by atoms with Crippen molar-refractivity contribution in [3.63, 3.8) is 0 Å². The summed E-state index contributed by atoms with van der Waals surface area (Å²) >= 11 is 3.33. The molecule has 1 aromatic heterocycles. The standard InChI is InChI=1S/C18H14BrF2N3O/c19-15-11-24(10-13-3-1-2-4-16(13)21)23-18(15)22-17(25)9-12-5-7-14(20)8-6-12/h1-8,11H,9-10H2,(H,22,23,25). The average Bonchev–Trinajstić information content (AvgIpc) is 2.91. The van der Waals surface area contributed by atoms with Crippen molar-refractivity contribution in [2.24, 2.45) is 0 Å². The molecular weight excluding hydrogens is 392 g/mol. The Morgan fingerprint density at radius 3 is 2.56 bits per heavy atom. The topological polar surface area (TPSA) is 46.9 Å². The zero-order valence-corrected chi connectivity index (χ0v) is 14.6. The molecule has 0 fully saturated rings. The molecule has 1 N–H and O–H groups in total. The Bertz CT molecular complexity index is 894. The van der Waals surface area contributed by atoms with Crippen LogP contribution in [0.2, 0.25) is 0 Å². The van der Waals surface area contributed by atoms with Crippen molar-refractivity contribution in [3.8, 4) is 0 Å². The Balaban J connectivity index is 1.67. The van der Waals surface area contributed by atoms with Gasteiger partial charge in [0.15, 0.2) is 5.82 Å². The highest BCUT2D eigenvalue weighted by Crippen LogP contribution is 2.21. The molecule has 3 aromatic rings. The van der Waals surface area contributed by atoms with E-state index in [1.807, 2.05) is 0 Å². The van der Waals surface area contributed by atoms with E-state index in [0.29, 0.717) is 21.4 Å². The molecule has 0 saturated carbocycles. The van der Waals surface area contributed by atoms with Gasteiger partial charge in [0, 0.05) is 11.8 Å². The maximum Gasteiger partial charge on any atom is 0.230 e. The van der Waals surface area contributed by atoms with Gasteiger partial charge in [-0.3, -0.25) is 9.48 Å². The highest BCUT2D eigenvalue weighted by Gasteiger charge is 2.12. The van der Waals surface area contributed by atoms with E-state index >= 15 is 0 Å². The number of aromatic nitrogens is 2. The first-order valence-electron chi connectivity index (χ1n) is 7.52. The molecule has 3 rings (SSSR count). The Morgan fingerprint density at radius 1 is 1.12 bits per heavy atom. The predicted molar refractivity (Wildman–Crippen MR) is 94.2 cm³/mol. The van der Waals surface area contributed by atoms with Gasteiger partial charge in [0.1, 0.15) is 11.6 Å². The molecule has 7 heteroatoms. The molecule has 0 spiro atoms. The molecule has 128 valence electrons. The van der Waals surface area contributed by atoms with Gasteiger partial charge in [-0.2, -0.15) is 5.10 Å². The molecule has 2 aromatic carbocycles. The van der Waals surface area contributed by atoms with Crippen molar-refractivity contribution in [1.29, 1.82) is 0 Å². The third-order valence-corrected chi connectivity index (χ3v) is 4.12. The molecule has 0 radical (unpaired) electrons. The average molecular weight is 406 g/mol. The van der Waals surface area contributed by atoms with E-state index in [1.54, 1.807) is 36.5 Å². The van der Waals surface area contributed by atoms with Crippen molar-refractivity contribution in [3.05, 3.63) is 82.0 Å². The van der Waals surface area contributed by atoms with Crippen molar-refractivity contribution >= 4 is 27.7 Å². The van der Waals surface area contributed by atoms with Gasteiger partial charge >= 0.3 is 0 Å². The van der Waals surface area contributed by atoms with Crippen LogP contribution in [0.3, 0.4) is 0 Å². The fraction of sp³-hybridized carbons (Fsp3) is 0.111. The lowest BCUT2D eigenvalue weighted by atomic mass is 10.1. The van der Waals surface area contributed by atoms with Gasteiger partial charge in [-0.05, 0) is 39.7 Å². The Hall–Kier alpha value is -2.54. The van der Waals surface area contributed by atoms with Gasteiger partial charge in [-0.15, -0.1) is 0 Å². The van der Waals surface area contributed by atoms with Crippen molar-refractivity contribution in [2.45, 2.75) is 13.0 Å². The quantitative estimate of drug-likeness (QED) is 0.692. The van der Waals surface area contributed by atoms with Crippen LogP contribution in [0.4, 0.5) is 14.6 Å². The van der Waals surface area contributed by atoms with Crippen molar-refractivity contribution in [1.82, 2.24) is 9.78 Å². The number of rotatable bonds is 5. The fourth-order valence-corrected chi connectivity index (χ4v) is 2.74. The summed E-state index contributed by atoms with van der Waals surface area (Å²) in [6.45, 7) is 0.249. The number of carbonyl (C=O) groups excluding carboxylic acids is 1. The van der Waals surface area contributed by atoms with Gasteiger partial charge in [0.2, 0.25) is 5.91 Å². The molecule has 0 atom stereocenters. The lowest BCUT2D eigenvalue weighted by Gasteiger charge is -2.04. The second-order valence-corrected chi connectivity index (χ2v) is 6.32. The summed E-state index contributed by atoms with van der Waals surface area (Å²) < 4.78 is 28.7. The Labute approximate surface area is 151 Å². The first-order chi connectivity index (χ1) is 12.0. The first kappa shape index (κ1) is 17.3. The number of nitrogens with one attached hydrogen (secondary N) is 1. The number of anilines is 1. The maximum atomic E-state index is 13.7. The van der Waals surface area contributed by atoms with Crippen LogP contribution in [-0.2, 0) is 17.8 Å². The second kappa shape index (κ2) is 7.57. The summed E-state index contributed by atoms with van der Waals surface area (Å²) in [4.78, 5) is 12.1. The van der Waals surface area contributed by atoms with E-state index in [0.717, 1.165) is 0 Å². The summed E-state index contributed by atoms with van der Waals surface area (Å²) in [5.41, 5.74) is 1.20. The highest BCUT2D eigenvalue weighted by molar-refractivity contribution is 9.10. The van der Waals surface area contributed by atoms with E-state index in [1.165, 1.54) is 22.9 Å². The van der Waals surface area contributed by atoms with Crippen LogP contribution < -0.4 is 5.32 Å². The third-order valence-electron chi connectivity index (χ3n) is 3.54. The molecule has 1 heterocycles. The lowest BCUT2D eigenvalue weighted by molar-refractivity contribution is -0.115. The van der Waals surface area contributed by atoms with Crippen LogP contribution in [0.15, 0.2) is 59.2 Å². The number of carbonyl (C=O) groups is 1. The highest BCUT2D eigenvalue weighted by atomic mass is 79.9. The zero-order chi connectivity index (χ0) is 17.8. The molecular formula is C18H14BrF2N3O. The Morgan fingerprint density at radius 2 is 1.84 bits per heavy atom. The smallest absolute Gasteiger partial charge is 0.230 e. The molecule has 0 aliphatic heterocycles. The van der Waals surface area contributed by atoms with E-state index in [4.69, 9.17) is 0 Å². The number of amides is 1. The molecule has 0 aliphatic carbocycles. The number of hydrogen-bond acceptors (Lipinski definition) is 2. The molecule has 0 unspecified atom stereocenters. The number of halogens is 3. The monoisotopic (exact) mass is 405 g/mol. The van der Waals surface area contributed by atoms with E-state index in [2.05, 4.69) is 26.3 Å². The predicted octanol–water partition coefficient (Wildman–Crippen LogP) is 4.15. The van der Waals surface area contributed by atoms with Crippen LogP contribution >= 0.6 is 15.9 Å². The number of nitrogens with zero attached hydrogens (tertiary/aromatic N) is 2. The summed E-state index contributed by atoms with van der Waals surface area (Å²) in [6.07, 6.45) is 1.77. The van der Waals surface area contributed by atoms with Crippen LogP contribution in [-0.4, -0.2) is 15.7 Å². The molecule has 4 nitrogen and oxygen atoms in total. The van der Waals surface area contributed by atoms with Gasteiger partial charge in [-0.25, -0.2) is 8.78 Å². The Kier molecular flexibility index (Phi) is 5.23. The minimum absolute atomic E-state index is 0.104. The molecule has 0 aliphatic rings. The van der Waals surface area contributed by atoms with Crippen LogP contribution in [0.25, 0.3) is 0 Å². The molecule has 1 amide bonds. The molecule has 0 saturated heterocycles. The number of benzene rings is 2. The van der Waals surface area contributed by atoms with E-state index in [9.17, 15) is 13.6 Å². The minimum Gasteiger partial charge on any atom is -0.308 e. The fourth-order valence-electron chi connectivity index (χ4n) is 2.33. The largest absolute Gasteiger partial charge is 0.308 e. The summed E-state index contributed by atoms with van der Waals surface area (Å²) in [7, 11) is 0. The van der Waals surface area contributed by atoms with E-state index < -0.39 is 0 Å². The van der Waals surface area contributed by atoms with Gasteiger partial charge < -0.3 is 5.32 Å².